The van der Waals surface area contributed by atoms with Gasteiger partial charge in [-0.05, 0) is 43.4 Å². The van der Waals surface area contributed by atoms with Gasteiger partial charge >= 0.3 is 0 Å². The fourth-order valence-electron chi connectivity index (χ4n) is 4.84. The maximum absolute atomic E-state index is 13.7. The molecule has 0 fully saturated rings. The van der Waals surface area contributed by atoms with E-state index >= 15 is 0 Å². The Kier molecular flexibility index (Phi) is 6.33. The number of hydrogen-bond acceptors (Lipinski definition) is 4. The third kappa shape index (κ3) is 4.41. The highest BCUT2D eigenvalue weighted by molar-refractivity contribution is 6.06. The Bertz CT molecular complexity index is 1100. The Hall–Kier alpha value is -3.08. The van der Waals surface area contributed by atoms with E-state index in [0.717, 1.165) is 41.2 Å². The summed E-state index contributed by atoms with van der Waals surface area (Å²) in [5.74, 6) is 0.771. The molecule has 4 rings (SSSR count). The average molecular weight is 447 g/mol. The molecule has 0 saturated carbocycles. The molecule has 0 radical (unpaired) electrons. The maximum Gasteiger partial charge on any atom is 0.227 e. The number of nitrogens with one attached hydrogen (secondary N) is 1. The van der Waals surface area contributed by atoms with E-state index in [0.29, 0.717) is 18.4 Å². The van der Waals surface area contributed by atoms with E-state index in [1.165, 1.54) is 0 Å². The smallest absolute Gasteiger partial charge is 0.227 e. The molecule has 2 atom stereocenters. The lowest BCUT2D eigenvalue weighted by atomic mass is 9.73. The number of rotatable bonds is 5. The van der Waals surface area contributed by atoms with Gasteiger partial charge in [-0.2, -0.15) is 0 Å². The van der Waals surface area contributed by atoms with Gasteiger partial charge in [-0.15, -0.1) is 0 Å². The molecule has 5 heteroatoms. The predicted molar refractivity (Wildman–Crippen MR) is 132 cm³/mol. The highest BCUT2D eigenvalue weighted by Gasteiger charge is 2.43. The van der Waals surface area contributed by atoms with E-state index < -0.39 is 6.04 Å². The molecule has 2 aliphatic rings. The molecule has 1 N–H and O–H groups in total. The lowest BCUT2D eigenvalue weighted by Gasteiger charge is -2.37. The van der Waals surface area contributed by atoms with Gasteiger partial charge < -0.3 is 10.1 Å². The summed E-state index contributed by atoms with van der Waals surface area (Å²) in [7, 11) is 0. The highest BCUT2D eigenvalue weighted by Crippen LogP contribution is 2.49. The lowest BCUT2D eigenvalue weighted by molar-refractivity contribution is -0.119. The molecule has 5 nitrogen and oxygen atoms in total. The zero-order valence-electron chi connectivity index (χ0n) is 20.3. The number of ether oxygens (including phenoxy) is 1. The zero-order valence-corrected chi connectivity index (χ0v) is 20.3. The third-order valence-corrected chi connectivity index (χ3v) is 6.59. The number of Topliss-reactive ketones (excluding diaryl/α,β-unsaturated/α-hetero) is 1. The van der Waals surface area contributed by atoms with Crippen molar-refractivity contribution in [1.29, 1.82) is 0 Å². The van der Waals surface area contributed by atoms with E-state index in [4.69, 9.17) is 4.74 Å². The molecule has 0 saturated heterocycles. The van der Waals surface area contributed by atoms with Gasteiger partial charge in [-0.1, -0.05) is 58.0 Å². The quantitative estimate of drug-likeness (QED) is 0.576. The number of carbonyl (C=O) groups is 2. The molecule has 1 aliphatic heterocycles. The average Bonchev–Trinajstić information content (AvgIpc) is 2.92. The number of allylic oxidation sites excluding steroid dienone is 1. The number of nitrogens with zero attached hydrogens (tertiary/aromatic N) is 1. The minimum atomic E-state index is -0.549. The molecule has 0 spiro atoms. The van der Waals surface area contributed by atoms with Gasteiger partial charge in [0.15, 0.2) is 5.78 Å². The van der Waals surface area contributed by atoms with E-state index in [9.17, 15) is 9.59 Å². The Balaban J connectivity index is 2.00. The zero-order chi connectivity index (χ0) is 23.8. The van der Waals surface area contributed by atoms with Gasteiger partial charge in [0, 0.05) is 29.7 Å². The first-order valence-electron chi connectivity index (χ1n) is 12.0. The summed E-state index contributed by atoms with van der Waals surface area (Å²) in [6, 6.07) is 15.1. The second kappa shape index (κ2) is 9.05. The normalized spacial score (nSPS) is 20.3. The van der Waals surface area contributed by atoms with Crippen molar-refractivity contribution < 1.29 is 14.3 Å². The second-order valence-corrected chi connectivity index (χ2v) is 9.87. The molecule has 2 aromatic carbocycles. The van der Waals surface area contributed by atoms with Crippen LogP contribution < -0.4 is 15.0 Å². The summed E-state index contributed by atoms with van der Waals surface area (Å²) in [6.07, 6.45) is 2.40. The summed E-state index contributed by atoms with van der Waals surface area (Å²) < 4.78 is 6.30. The SMILES string of the molecule is CCC(=O)N1c2ccccc2NC2=C(C(=O)CC(C)(C)C2)[C@H]1c1ccccc1O[C@@H](C)CC. The van der Waals surface area contributed by atoms with Gasteiger partial charge in [0.25, 0.3) is 0 Å². The number of amides is 1. The molecule has 0 unspecified atom stereocenters. The van der Waals surface area contributed by atoms with Gasteiger partial charge in [-0.25, -0.2) is 0 Å². The monoisotopic (exact) mass is 446 g/mol. The van der Waals surface area contributed by atoms with Crippen LogP contribution in [0, 0.1) is 5.41 Å². The molecule has 174 valence electrons. The van der Waals surface area contributed by atoms with Crippen LogP contribution in [0.1, 0.15) is 71.9 Å². The van der Waals surface area contributed by atoms with Crippen LogP contribution in [-0.2, 0) is 9.59 Å². The number of fused-ring (bicyclic) bond motifs is 1. The Morgan fingerprint density at radius 3 is 2.55 bits per heavy atom. The highest BCUT2D eigenvalue weighted by atomic mass is 16.5. The van der Waals surface area contributed by atoms with Crippen molar-refractivity contribution in [2.45, 2.75) is 72.4 Å². The van der Waals surface area contributed by atoms with Gasteiger partial charge in [0.2, 0.25) is 5.91 Å². The molecule has 2 aromatic rings. The number of benzene rings is 2. The molecule has 1 aliphatic carbocycles. The molecular weight excluding hydrogens is 412 g/mol. The van der Waals surface area contributed by atoms with Crippen molar-refractivity contribution in [3.8, 4) is 5.75 Å². The predicted octanol–water partition coefficient (Wildman–Crippen LogP) is 6.42. The summed E-state index contributed by atoms with van der Waals surface area (Å²) >= 11 is 0. The van der Waals surface area contributed by atoms with Gasteiger partial charge in [0.05, 0.1) is 23.5 Å². The molecule has 0 aromatic heterocycles. The van der Waals surface area contributed by atoms with Crippen molar-refractivity contribution in [2.75, 3.05) is 10.2 Å². The number of anilines is 2. The number of carbonyl (C=O) groups excluding carboxylic acids is 2. The topological polar surface area (TPSA) is 58.6 Å². The largest absolute Gasteiger partial charge is 0.490 e. The summed E-state index contributed by atoms with van der Waals surface area (Å²) in [5.41, 5.74) is 3.90. The van der Waals surface area contributed by atoms with Crippen molar-refractivity contribution in [3.05, 3.63) is 65.4 Å². The van der Waals surface area contributed by atoms with Crippen molar-refractivity contribution in [1.82, 2.24) is 0 Å². The third-order valence-electron chi connectivity index (χ3n) is 6.59. The van der Waals surface area contributed by atoms with Gasteiger partial charge in [0.1, 0.15) is 5.75 Å². The second-order valence-electron chi connectivity index (χ2n) is 9.87. The summed E-state index contributed by atoms with van der Waals surface area (Å²) in [4.78, 5) is 29.0. The Morgan fingerprint density at radius 2 is 1.82 bits per heavy atom. The molecule has 33 heavy (non-hydrogen) atoms. The van der Waals surface area contributed by atoms with Crippen LogP contribution in [0.4, 0.5) is 11.4 Å². The van der Waals surface area contributed by atoms with Crippen LogP contribution in [0.25, 0.3) is 0 Å². The van der Waals surface area contributed by atoms with Crippen LogP contribution in [-0.4, -0.2) is 17.8 Å². The number of hydrogen-bond donors (Lipinski definition) is 1. The van der Waals surface area contributed by atoms with Crippen LogP contribution in [0.5, 0.6) is 5.75 Å². The molecule has 1 heterocycles. The fraction of sp³-hybridized carbons (Fsp3) is 0.429. The lowest BCUT2D eigenvalue weighted by Crippen LogP contribution is -2.39. The summed E-state index contributed by atoms with van der Waals surface area (Å²) in [6.45, 7) is 10.2. The van der Waals surface area contributed by atoms with E-state index in [2.05, 4.69) is 26.1 Å². The Labute approximate surface area is 196 Å². The molecular formula is C28H34N2O3. The van der Waals surface area contributed by atoms with E-state index in [1.54, 1.807) is 4.90 Å². The van der Waals surface area contributed by atoms with Crippen LogP contribution >= 0.6 is 0 Å². The van der Waals surface area contributed by atoms with Gasteiger partial charge in [-0.3, -0.25) is 14.5 Å². The number of para-hydroxylation sites is 3. The number of ketones is 1. The van der Waals surface area contributed by atoms with Crippen LogP contribution in [0.3, 0.4) is 0 Å². The van der Waals surface area contributed by atoms with Crippen molar-refractivity contribution >= 4 is 23.1 Å². The first-order valence-corrected chi connectivity index (χ1v) is 12.0. The molecule has 1 amide bonds. The maximum atomic E-state index is 13.7. The first-order chi connectivity index (χ1) is 15.8. The van der Waals surface area contributed by atoms with E-state index in [1.807, 2.05) is 62.4 Å². The minimum absolute atomic E-state index is 0.0205. The van der Waals surface area contributed by atoms with Crippen LogP contribution in [0.15, 0.2) is 59.8 Å². The molecule has 0 bridgehead atoms. The van der Waals surface area contributed by atoms with Crippen molar-refractivity contribution in [2.24, 2.45) is 5.41 Å². The minimum Gasteiger partial charge on any atom is -0.490 e. The Morgan fingerprint density at radius 1 is 1.12 bits per heavy atom. The standard InChI is InChI=1S/C28H34N2O3/c1-6-18(3)33-24-15-11-8-12-19(24)27-26-21(16-28(4,5)17-23(26)31)29-20-13-9-10-14-22(20)30(27)25(32)7-2/h8-15,18,27,29H,6-7,16-17H2,1-5H3/t18-,27+/m0/s1. The fourth-order valence-corrected chi connectivity index (χ4v) is 4.84. The van der Waals surface area contributed by atoms with Crippen molar-refractivity contribution in [3.63, 3.8) is 0 Å². The first kappa shape index (κ1) is 23.1. The van der Waals surface area contributed by atoms with Crippen LogP contribution in [0.2, 0.25) is 0 Å². The summed E-state index contributed by atoms with van der Waals surface area (Å²) in [5, 5.41) is 3.55. The van der Waals surface area contributed by atoms with E-state index in [-0.39, 0.29) is 23.2 Å².